The van der Waals surface area contributed by atoms with E-state index in [1.54, 1.807) is 6.92 Å². The zero-order valence-electron chi connectivity index (χ0n) is 10.4. The molecule has 0 saturated carbocycles. The highest BCUT2D eigenvalue weighted by Gasteiger charge is 2.04. The average molecular weight is 230 g/mol. The number of carbonyl (C=O) groups excluding carboxylic acids is 1. The third kappa shape index (κ3) is 2.74. The molecule has 3 heteroatoms. The standard InChI is InChI=1S/C14H18N2O/c1-11(17)7-8-15-9-12-10-16(2)14-6-4-3-5-13(12)14/h3-6,10,15H,7-9H2,1-2H3. The molecule has 1 N–H and O–H groups in total. The quantitative estimate of drug-likeness (QED) is 0.799. The molecule has 1 heterocycles. The number of aromatic nitrogens is 1. The Balaban J connectivity index is 2.06. The van der Waals surface area contributed by atoms with Crippen molar-refractivity contribution in [3.05, 3.63) is 36.0 Å². The van der Waals surface area contributed by atoms with Crippen molar-refractivity contribution in [3.8, 4) is 0 Å². The van der Waals surface area contributed by atoms with Gasteiger partial charge in [-0.1, -0.05) is 18.2 Å². The van der Waals surface area contributed by atoms with E-state index in [1.165, 1.54) is 16.5 Å². The Morgan fingerprint density at radius 3 is 2.88 bits per heavy atom. The number of ketones is 1. The molecule has 0 atom stereocenters. The van der Waals surface area contributed by atoms with Crippen molar-refractivity contribution in [3.63, 3.8) is 0 Å². The lowest BCUT2D eigenvalue weighted by molar-refractivity contribution is -0.116. The predicted molar refractivity (Wildman–Crippen MR) is 69.9 cm³/mol. The summed E-state index contributed by atoms with van der Waals surface area (Å²) in [5, 5.41) is 4.59. The van der Waals surface area contributed by atoms with Gasteiger partial charge in [0.25, 0.3) is 0 Å². The molecule has 0 aliphatic rings. The van der Waals surface area contributed by atoms with Gasteiger partial charge in [-0.3, -0.25) is 4.79 Å². The first-order chi connectivity index (χ1) is 8.18. The van der Waals surface area contributed by atoms with E-state index in [0.717, 1.165) is 13.1 Å². The van der Waals surface area contributed by atoms with Crippen LogP contribution in [-0.2, 0) is 18.4 Å². The minimum absolute atomic E-state index is 0.232. The highest BCUT2D eigenvalue weighted by Crippen LogP contribution is 2.19. The third-order valence-corrected chi connectivity index (χ3v) is 2.95. The maximum atomic E-state index is 10.8. The normalized spacial score (nSPS) is 10.9. The van der Waals surface area contributed by atoms with Crippen molar-refractivity contribution < 1.29 is 4.79 Å². The van der Waals surface area contributed by atoms with Gasteiger partial charge in [-0.15, -0.1) is 0 Å². The number of benzene rings is 1. The van der Waals surface area contributed by atoms with Crippen LogP contribution in [0, 0.1) is 0 Å². The molecular formula is C14H18N2O. The van der Waals surface area contributed by atoms with Crippen molar-refractivity contribution in [2.24, 2.45) is 7.05 Å². The van der Waals surface area contributed by atoms with Crippen molar-refractivity contribution in [2.75, 3.05) is 6.54 Å². The van der Waals surface area contributed by atoms with Crippen LogP contribution in [0.25, 0.3) is 10.9 Å². The monoisotopic (exact) mass is 230 g/mol. The zero-order valence-corrected chi connectivity index (χ0v) is 10.4. The summed E-state index contributed by atoms with van der Waals surface area (Å²) in [5.74, 6) is 0.232. The number of fused-ring (bicyclic) bond motifs is 1. The first-order valence-corrected chi connectivity index (χ1v) is 5.91. The van der Waals surface area contributed by atoms with Gasteiger partial charge in [-0.2, -0.15) is 0 Å². The smallest absolute Gasteiger partial charge is 0.131 e. The molecule has 2 aromatic rings. The number of aryl methyl sites for hydroxylation is 1. The lowest BCUT2D eigenvalue weighted by atomic mass is 10.2. The number of nitrogens with one attached hydrogen (secondary N) is 1. The van der Waals surface area contributed by atoms with Crippen molar-refractivity contribution >= 4 is 16.7 Å². The Bertz CT molecular complexity index is 528. The topological polar surface area (TPSA) is 34.0 Å². The van der Waals surface area contributed by atoms with Crippen LogP contribution in [-0.4, -0.2) is 16.9 Å². The minimum Gasteiger partial charge on any atom is -0.350 e. The van der Waals surface area contributed by atoms with E-state index in [0.29, 0.717) is 6.42 Å². The Morgan fingerprint density at radius 2 is 2.12 bits per heavy atom. The molecule has 1 aromatic carbocycles. The van der Waals surface area contributed by atoms with Gasteiger partial charge in [-0.25, -0.2) is 0 Å². The number of Topliss-reactive ketones (excluding diaryl/α,β-unsaturated/α-hetero) is 1. The Labute approximate surface area is 101 Å². The molecule has 0 spiro atoms. The van der Waals surface area contributed by atoms with Gasteiger partial charge in [0.2, 0.25) is 0 Å². The lowest BCUT2D eigenvalue weighted by Crippen LogP contribution is -2.16. The second-order valence-corrected chi connectivity index (χ2v) is 4.41. The molecule has 90 valence electrons. The van der Waals surface area contributed by atoms with Crippen LogP contribution in [0.1, 0.15) is 18.9 Å². The molecule has 0 fully saturated rings. The van der Waals surface area contributed by atoms with Crippen LogP contribution < -0.4 is 5.32 Å². The van der Waals surface area contributed by atoms with Gasteiger partial charge in [-0.05, 0) is 18.6 Å². The third-order valence-electron chi connectivity index (χ3n) is 2.95. The van der Waals surface area contributed by atoms with E-state index >= 15 is 0 Å². The summed E-state index contributed by atoms with van der Waals surface area (Å²) in [5.41, 5.74) is 2.53. The molecule has 0 aliphatic carbocycles. The van der Waals surface area contributed by atoms with E-state index in [-0.39, 0.29) is 5.78 Å². The fourth-order valence-corrected chi connectivity index (χ4v) is 2.05. The van der Waals surface area contributed by atoms with Gasteiger partial charge in [0, 0.05) is 43.7 Å². The summed E-state index contributed by atoms with van der Waals surface area (Å²) in [6.07, 6.45) is 2.75. The number of carbonyl (C=O) groups is 1. The van der Waals surface area contributed by atoms with Crippen LogP contribution >= 0.6 is 0 Å². The average Bonchev–Trinajstić information content (AvgIpc) is 2.63. The number of rotatable bonds is 5. The van der Waals surface area contributed by atoms with Gasteiger partial charge in [0.15, 0.2) is 0 Å². The molecule has 0 radical (unpaired) electrons. The van der Waals surface area contributed by atoms with E-state index in [9.17, 15) is 4.79 Å². The van der Waals surface area contributed by atoms with E-state index in [4.69, 9.17) is 0 Å². The number of hydrogen-bond donors (Lipinski definition) is 1. The zero-order chi connectivity index (χ0) is 12.3. The van der Waals surface area contributed by atoms with Gasteiger partial charge < -0.3 is 9.88 Å². The predicted octanol–water partition coefficient (Wildman–Crippen LogP) is 2.25. The lowest BCUT2D eigenvalue weighted by Gasteiger charge is -2.01. The fraction of sp³-hybridized carbons (Fsp3) is 0.357. The number of hydrogen-bond acceptors (Lipinski definition) is 2. The van der Waals surface area contributed by atoms with Crippen molar-refractivity contribution in [1.29, 1.82) is 0 Å². The molecular weight excluding hydrogens is 212 g/mol. The molecule has 17 heavy (non-hydrogen) atoms. The summed E-state index contributed by atoms with van der Waals surface area (Å²) >= 11 is 0. The minimum atomic E-state index is 0.232. The number of para-hydroxylation sites is 1. The number of nitrogens with zero attached hydrogens (tertiary/aromatic N) is 1. The molecule has 0 bridgehead atoms. The van der Waals surface area contributed by atoms with E-state index < -0.39 is 0 Å². The second-order valence-electron chi connectivity index (χ2n) is 4.41. The molecule has 0 unspecified atom stereocenters. The second kappa shape index (κ2) is 5.15. The first kappa shape index (κ1) is 11.9. The van der Waals surface area contributed by atoms with Crippen molar-refractivity contribution in [2.45, 2.75) is 19.9 Å². The molecule has 0 aliphatic heterocycles. The summed E-state index contributed by atoms with van der Waals surface area (Å²) < 4.78 is 2.14. The highest BCUT2D eigenvalue weighted by atomic mass is 16.1. The Morgan fingerprint density at radius 1 is 1.35 bits per heavy atom. The molecule has 0 amide bonds. The van der Waals surface area contributed by atoms with Crippen LogP contribution in [0.4, 0.5) is 0 Å². The molecule has 1 aromatic heterocycles. The van der Waals surface area contributed by atoms with E-state index in [1.807, 2.05) is 0 Å². The van der Waals surface area contributed by atoms with Crippen LogP contribution in [0.3, 0.4) is 0 Å². The van der Waals surface area contributed by atoms with Gasteiger partial charge in [0.1, 0.15) is 5.78 Å². The molecule has 3 nitrogen and oxygen atoms in total. The van der Waals surface area contributed by atoms with Crippen LogP contribution in [0.15, 0.2) is 30.5 Å². The largest absolute Gasteiger partial charge is 0.350 e. The van der Waals surface area contributed by atoms with Crippen LogP contribution in [0.2, 0.25) is 0 Å². The maximum absolute atomic E-state index is 10.8. The van der Waals surface area contributed by atoms with Crippen LogP contribution in [0.5, 0.6) is 0 Å². The van der Waals surface area contributed by atoms with Gasteiger partial charge in [0.05, 0.1) is 0 Å². The summed E-state index contributed by atoms with van der Waals surface area (Å²) in [7, 11) is 2.06. The molecule has 2 rings (SSSR count). The van der Waals surface area contributed by atoms with Crippen molar-refractivity contribution in [1.82, 2.24) is 9.88 Å². The Hall–Kier alpha value is -1.61. The van der Waals surface area contributed by atoms with Gasteiger partial charge >= 0.3 is 0 Å². The fourth-order valence-electron chi connectivity index (χ4n) is 2.05. The maximum Gasteiger partial charge on any atom is 0.131 e. The summed E-state index contributed by atoms with van der Waals surface area (Å²) in [6, 6.07) is 8.36. The molecule has 0 saturated heterocycles. The SMILES string of the molecule is CC(=O)CCNCc1cn(C)c2ccccc12. The van der Waals surface area contributed by atoms with E-state index in [2.05, 4.69) is 47.4 Å². The summed E-state index contributed by atoms with van der Waals surface area (Å²) in [6.45, 7) is 3.19. The first-order valence-electron chi connectivity index (χ1n) is 5.91. The summed E-state index contributed by atoms with van der Waals surface area (Å²) in [4.78, 5) is 10.8. The highest BCUT2D eigenvalue weighted by molar-refractivity contribution is 5.83. The Kier molecular flexibility index (Phi) is 3.59.